The van der Waals surface area contributed by atoms with Crippen molar-refractivity contribution in [2.45, 2.75) is 6.54 Å². The average Bonchev–Trinajstić information content (AvgIpc) is 2.97. The van der Waals surface area contributed by atoms with E-state index in [1.54, 1.807) is 12.6 Å². The van der Waals surface area contributed by atoms with E-state index in [0.717, 1.165) is 11.3 Å². The largest absolute Gasteiger partial charge is 0.467 e. The minimum Gasteiger partial charge on any atom is -0.467 e. The van der Waals surface area contributed by atoms with Gasteiger partial charge in [-0.25, -0.2) is 4.98 Å². The third-order valence-electron chi connectivity index (χ3n) is 2.57. The predicted molar refractivity (Wildman–Crippen MR) is 67.5 cm³/mol. The summed E-state index contributed by atoms with van der Waals surface area (Å²) in [7, 11) is 1.90. The Morgan fingerprint density at radius 2 is 2.33 bits per heavy atom. The van der Waals surface area contributed by atoms with Crippen LogP contribution >= 0.6 is 11.6 Å². The number of H-pyrrole nitrogens is 1. The molecule has 0 saturated carbocycles. The van der Waals surface area contributed by atoms with Crippen LogP contribution in [0, 0.1) is 0 Å². The highest BCUT2D eigenvalue weighted by Gasteiger charge is 2.13. The number of aromatic amines is 1. The zero-order valence-corrected chi connectivity index (χ0v) is 10.3. The Balaban J connectivity index is 2.00. The number of imidazole rings is 1. The third kappa shape index (κ3) is 1.91. The van der Waals surface area contributed by atoms with Crippen molar-refractivity contribution < 1.29 is 4.42 Å². The Hall–Kier alpha value is -2.08. The van der Waals surface area contributed by atoms with E-state index >= 15 is 0 Å². The number of hydrogen-bond acceptors (Lipinski definition) is 5. The van der Waals surface area contributed by atoms with Crippen LogP contribution in [0.3, 0.4) is 0 Å². The van der Waals surface area contributed by atoms with Crippen LogP contribution in [0.15, 0.2) is 29.1 Å². The Labute approximate surface area is 108 Å². The van der Waals surface area contributed by atoms with Crippen LogP contribution in [0.4, 0.5) is 5.82 Å². The molecule has 3 rings (SSSR count). The monoisotopic (exact) mass is 263 g/mol. The second-order valence-corrected chi connectivity index (χ2v) is 4.19. The lowest BCUT2D eigenvalue weighted by atomic mass is 10.4. The van der Waals surface area contributed by atoms with Gasteiger partial charge in [0.25, 0.3) is 0 Å². The summed E-state index contributed by atoms with van der Waals surface area (Å²) in [6.07, 6.45) is 3.21. The third-order valence-corrected chi connectivity index (χ3v) is 2.74. The van der Waals surface area contributed by atoms with E-state index in [-0.39, 0.29) is 5.28 Å². The Morgan fingerprint density at radius 1 is 1.44 bits per heavy atom. The first-order valence-corrected chi connectivity index (χ1v) is 5.72. The molecule has 1 N–H and O–H groups in total. The molecular formula is C11H10ClN5O. The van der Waals surface area contributed by atoms with E-state index in [1.165, 1.54) is 0 Å². The lowest BCUT2D eigenvalue weighted by molar-refractivity contribution is 0.507. The zero-order chi connectivity index (χ0) is 12.5. The fourth-order valence-electron chi connectivity index (χ4n) is 1.78. The van der Waals surface area contributed by atoms with Crippen LogP contribution in [-0.2, 0) is 6.54 Å². The first kappa shape index (κ1) is 11.0. The second-order valence-electron chi connectivity index (χ2n) is 3.85. The standard InChI is InChI=1S/C11H10ClN5O/c1-17(5-7-3-2-4-18-7)10-8-9(14-6-13-8)15-11(12)16-10/h2-4,6H,5H2,1H3,(H,13,14,15,16). The SMILES string of the molecule is CN(Cc1ccco1)c1nc(Cl)nc2nc[nH]c12. The van der Waals surface area contributed by atoms with Gasteiger partial charge in [-0.1, -0.05) is 0 Å². The van der Waals surface area contributed by atoms with Gasteiger partial charge >= 0.3 is 0 Å². The minimum atomic E-state index is 0.177. The van der Waals surface area contributed by atoms with Gasteiger partial charge in [-0.15, -0.1) is 0 Å². The lowest BCUT2D eigenvalue weighted by Gasteiger charge is -2.17. The normalized spacial score (nSPS) is 11.0. The maximum Gasteiger partial charge on any atom is 0.226 e. The van der Waals surface area contributed by atoms with Gasteiger partial charge in [0.05, 0.1) is 19.1 Å². The fraction of sp³-hybridized carbons (Fsp3) is 0.182. The summed E-state index contributed by atoms with van der Waals surface area (Å²) < 4.78 is 5.31. The zero-order valence-electron chi connectivity index (χ0n) is 9.59. The van der Waals surface area contributed by atoms with Crippen LogP contribution in [-0.4, -0.2) is 27.0 Å². The van der Waals surface area contributed by atoms with Crippen molar-refractivity contribution in [3.63, 3.8) is 0 Å². The molecule has 0 aliphatic rings. The van der Waals surface area contributed by atoms with Crippen molar-refractivity contribution in [2.24, 2.45) is 0 Å². The molecule has 3 aromatic heterocycles. The molecule has 0 unspecified atom stereocenters. The molecule has 3 heterocycles. The molecule has 0 bridgehead atoms. The summed E-state index contributed by atoms with van der Waals surface area (Å²) in [4.78, 5) is 17.3. The number of anilines is 1. The summed E-state index contributed by atoms with van der Waals surface area (Å²) in [6.45, 7) is 0.592. The van der Waals surface area contributed by atoms with E-state index in [0.29, 0.717) is 18.0 Å². The number of aromatic nitrogens is 4. The highest BCUT2D eigenvalue weighted by Crippen LogP contribution is 2.22. The van der Waals surface area contributed by atoms with Crippen LogP contribution < -0.4 is 4.90 Å². The molecule has 0 saturated heterocycles. The van der Waals surface area contributed by atoms with Crippen LogP contribution in [0.1, 0.15) is 5.76 Å². The number of nitrogens with zero attached hydrogens (tertiary/aromatic N) is 4. The van der Waals surface area contributed by atoms with E-state index in [4.69, 9.17) is 16.0 Å². The molecule has 92 valence electrons. The van der Waals surface area contributed by atoms with Crippen molar-refractivity contribution in [2.75, 3.05) is 11.9 Å². The molecule has 0 aromatic carbocycles. The summed E-state index contributed by atoms with van der Waals surface area (Å²) in [5, 5.41) is 0.177. The molecule has 0 radical (unpaired) electrons. The highest BCUT2D eigenvalue weighted by molar-refractivity contribution is 6.28. The van der Waals surface area contributed by atoms with E-state index in [9.17, 15) is 0 Å². The van der Waals surface area contributed by atoms with Crippen molar-refractivity contribution in [3.05, 3.63) is 35.8 Å². The number of fused-ring (bicyclic) bond motifs is 1. The van der Waals surface area contributed by atoms with Gasteiger partial charge < -0.3 is 14.3 Å². The van der Waals surface area contributed by atoms with Crippen molar-refractivity contribution >= 4 is 28.6 Å². The Morgan fingerprint density at radius 3 is 3.11 bits per heavy atom. The highest BCUT2D eigenvalue weighted by atomic mass is 35.5. The Bertz CT molecular complexity index is 663. The molecule has 18 heavy (non-hydrogen) atoms. The van der Waals surface area contributed by atoms with Crippen LogP contribution in [0.5, 0.6) is 0 Å². The summed E-state index contributed by atoms with van der Waals surface area (Å²) in [5.41, 5.74) is 1.31. The molecule has 6 nitrogen and oxygen atoms in total. The van der Waals surface area contributed by atoms with Crippen molar-refractivity contribution in [1.29, 1.82) is 0 Å². The van der Waals surface area contributed by atoms with Crippen molar-refractivity contribution in [3.8, 4) is 0 Å². The lowest BCUT2D eigenvalue weighted by Crippen LogP contribution is -2.18. The molecular weight excluding hydrogens is 254 g/mol. The topological polar surface area (TPSA) is 70.8 Å². The van der Waals surface area contributed by atoms with Gasteiger partial charge in [0, 0.05) is 7.05 Å². The minimum absolute atomic E-state index is 0.177. The first-order valence-electron chi connectivity index (χ1n) is 5.34. The number of furan rings is 1. The quantitative estimate of drug-likeness (QED) is 0.734. The molecule has 3 aromatic rings. The van der Waals surface area contributed by atoms with E-state index in [2.05, 4.69) is 19.9 Å². The molecule has 0 fully saturated rings. The number of rotatable bonds is 3. The Kier molecular flexibility index (Phi) is 2.64. The van der Waals surface area contributed by atoms with Gasteiger partial charge in [-0.2, -0.15) is 9.97 Å². The average molecular weight is 264 g/mol. The molecule has 0 amide bonds. The predicted octanol–water partition coefficient (Wildman–Crippen LogP) is 2.24. The van der Waals surface area contributed by atoms with Gasteiger partial charge in [-0.3, -0.25) is 0 Å². The summed E-state index contributed by atoms with van der Waals surface area (Å²) in [6, 6.07) is 3.76. The van der Waals surface area contributed by atoms with Crippen molar-refractivity contribution in [1.82, 2.24) is 19.9 Å². The number of halogens is 1. The second kappa shape index (κ2) is 4.30. The molecule has 0 atom stereocenters. The summed E-state index contributed by atoms with van der Waals surface area (Å²) in [5.74, 6) is 1.54. The van der Waals surface area contributed by atoms with Gasteiger partial charge in [-0.05, 0) is 23.7 Å². The maximum atomic E-state index is 5.88. The van der Waals surface area contributed by atoms with E-state index in [1.807, 2.05) is 24.1 Å². The first-order chi connectivity index (χ1) is 8.74. The van der Waals surface area contributed by atoms with Crippen LogP contribution in [0.2, 0.25) is 5.28 Å². The molecule has 0 aliphatic carbocycles. The maximum absolute atomic E-state index is 5.88. The number of hydrogen-bond donors (Lipinski definition) is 1. The van der Waals surface area contributed by atoms with Gasteiger partial charge in [0.2, 0.25) is 5.28 Å². The van der Waals surface area contributed by atoms with Crippen LogP contribution in [0.25, 0.3) is 11.2 Å². The van der Waals surface area contributed by atoms with Gasteiger partial charge in [0.1, 0.15) is 11.3 Å². The summed E-state index contributed by atoms with van der Waals surface area (Å²) >= 11 is 5.88. The number of nitrogens with one attached hydrogen (secondary N) is 1. The molecule has 7 heteroatoms. The van der Waals surface area contributed by atoms with Gasteiger partial charge in [0.15, 0.2) is 11.5 Å². The smallest absolute Gasteiger partial charge is 0.226 e. The fourth-order valence-corrected chi connectivity index (χ4v) is 1.94. The molecule has 0 aliphatic heterocycles. The van der Waals surface area contributed by atoms with E-state index < -0.39 is 0 Å². The molecule has 0 spiro atoms.